The second-order valence-corrected chi connectivity index (χ2v) is 6.57. The summed E-state index contributed by atoms with van der Waals surface area (Å²) in [5, 5.41) is 19.5. The van der Waals surface area contributed by atoms with Gasteiger partial charge < -0.3 is 14.9 Å². The number of hydrogen-bond donors (Lipinski definition) is 2. The predicted octanol–water partition coefficient (Wildman–Crippen LogP) is 4.71. The molecular weight excluding hydrogens is 312 g/mol. The van der Waals surface area contributed by atoms with Gasteiger partial charge in [0.05, 0.1) is 6.61 Å². The van der Waals surface area contributed by atoms with E-state index in [0.717, 1.165) is 28.0 Å². The summed E-state index contributed by atoms with van der Waals surface area (Å²) in [6.07, 6.45) is 0. The molecular formula is C22H20O3. The molecule has 1 aliphatic rings. The van der Waals surface area contributed by atoms with Gasteiger partial charge in [-0.05, 0) is 47.9 Å². The van der Waals surface area contributed by atoms with Crippen LogP contribution in [0, 0.1) is 6.92 Å². The van der Waals surface area contributed by atoms with Crippen LogP contribution in [0.3, 0.4) is 0 Å². The van der Waals surface area contributed by atoms with Crippen molar-refractivity contribution in [2.24, 2.45) is 0 Å². The Morgan fingerprint density at radius 3 is 2.36 bits per heavy atom. The van der Waals surface area contributed by atoms with Crippen molar-refractivity contribution < 1.29 is 14.9 Å². The second kappa shape index (κ2) is 6.17. The number of ether oxygens (including phenoxy) is 1. The first-order valence-electron chi connectivity index (χ1n) is 8.43. The molecule has 0 radical (unpaired) electrons. The number of rotatable bonds is 2. The van der Waals surface area contributed by atoms with Crippen LogP contribution in [0.2, 0.25) is 0 Å². The lowest BCUT2D eigenvalue weighted by molar-refractivity contribution is 0.249. The largest absolute Gasteiger partial charge is 0.508 e. The van der Waals surface area contributed by atoms with Crippen LogP contribution in [0.15, 0.2) is 66.7 Å². The van der Waals surface area contributed by atoms with Crippen molar-refractivity contribution in [3.05, 3.63) is 89.0 Å². The first-order valence-corrected chi connectivity index (χ1v) is 8.43. The molecule has 2 N–H and O–H groups in total. The zero-order valence-corrected chi connectivity index (χ0v) is 14.0. The normalized spacial score (nSPS) is 19.1. The van der Waals surface area contributed by atoms with E-state index in [0.29, 0.717) is 12.4 Å². The Bertz CT molecular complexity index is 899. The molecule has 3 aromatic rings. The van der Waals surface area contributed by atoms with Gasteiger partial charge >= 0.3 is 0 Å². The number of phenols is 2. The fourth-order valence-corrected chi connectivity index (χ4v) is 3.66. The third-order valence-corrected chi connectivity index (χ3v) is 4.98. The maximum absolute atomic E-state index is 9.90. The van der Waals surface area contributed by atoms with Crippen LogP contribution in [0.1, 0.15) is 34.1 Å². The lowest BCUT2D eigenvalue weighted by Crippen LogP contribution is -2.25. The highest BCUT2D eigenvalue weighted by Gasteiger charge is 2.33. The van der Waals surface area contributed by atoms with Gasteiger partial charge in [-0.2, -0.15) is 0 Å². The molecule has 25 heavy (non-hydrogen) atoms. The average molecular weight is 332 g/mol. The van der Waals surface area contributed by atoms with Crippen molar-refractivity contribution >= 4 is 0 Å². The van der Waals surface area contributed by atoms with Gasteiger partial charge in [-0.25, -0.2) is 0 Å². The average Bonchev–Trinajstić information content (AvgIpc) is 2.64. The van der Waals surface area contributed by atoms with Crippen LogP contribution in [0.25, 0.3) is 0 Å². The summed E-state index contributed by atoms with van der Waals surface area (Å²) >= 11 is 0. The van der Waals surface area contributed by atoms with Gasteiger partial charge in [0, 0.05) is 17.4 Å². The summed E-state index contributed by atoms with van der Waals surface area (Å²) in [6.45, 7) is 2.49. The standard InChI is InChI=1S/C22H20O3/c1-14-12-16(8-11-20(14)24)22-18-4-2-3-5-21(18)25-13-19(22)15-6-9-17(23)10-7-15/h2-12,19,22-24H,13H2,1H3. The number of aryl methyl sites for hydroxylation is 1. The van der Waals surface area contributed by atoms with Crippen molar-refractivity contribution in [2.75, 3.05) is 6.61 Å². The van der Waals surface area contributed by atoms with Gasteiger partial charge in [0.1, 0.15) is 17.2 Å². The van der Waals surface area contributed by atoms with Gasteiger partial charge in [0.2, 0.25) is 0 Å². The molecule has 1 aliphatic heterocycles. The van der Waals surface area contributed by atoms with Crippen LogP contribution >= 0.6 is 0 Å². The van der Waals surface area contributed by atoms with E-state index in [4.69, 9.17) is 4.74 Å². The first-order chi connectivity index (χ1) is 12.1. The lowest BCUT2D eigenvalue weighted by atomic mass is 9.75. The third-order valence-electron chi connectivity index (χ3n) is 4.98. The van der Waals surface area contributed by atoms with Crippen molar-refractivity contribution in [3.8, 4) is 17.2 Å². The summed E-state index contributed by atoms with van der Waals surface area (Å²) in [5.74, 6) is 1.75. The zero-order valence-electron chi connectivity index (χ0n) is 14.0. The summed E-state index contributed by atoms with van der Waals surface area (Å²) in [7, 11) is 0. The Hall–Kier alpha value is -2.94. The monoisotopic (exact) mass is 332 g/mol. The zero-order chi connectivity index (χ0) is 17.4. The molecule has 0 aliphatic carbocycles. The highest BCUT2D eigenvalue weighted by atomic mass is 16.5. The summed E-state index contributed by atoms with van der Waals surface area (Å²) in [5.41, 5.74) is 4.30. The Morgan fingerprint density at radius 2 is 1.60 bits per heavy atom. The number of para-hydroxylation sites is 1. The molecule has 3 heteroatoms. The van der Waals surface area contributed by atoms with Gasteiger partial charge in [-0.15, -0.1) is 0 Å². The Kier molecular flexibility index (Phi) is 3.85. The number of phenolic OH excluding ortho intramolecular Hbond substituents is 2. The van der Waals surface area contributed by atoms with Crippen LogP contribution in [-0.2, 0) is 0 Å². The second-order valence-electron chi connectivity index (χ2n) is 6.57. The van der Waals surface area contributed by atoms with E-state index in [1.54, 1.807) is 18.2 Å². The molecule has 126 valence electrons. The van der Waals surface area contributed by atoms with Crippen molar-refractivity contribution in [3.63, 3.8) is 0 Å². The highest BCUT2D eigenvalue weighted by molar-refractivity contribution is 5.49. The minimum absolute atomic E-state index is 0.133. The molecule has 2 atom stereocenters. The van der Waals surface area contributed by atoms with E-state index in [9.17, 15) is 10.2 Å². The van der Waals surface area contributed by atoms with Gasteiger partial charge in [0.25, 0.3) is 0 Å². The van der Waals surface area contributed by atoms with Gasteiger partial charge in [0.15, 0.2) is 0 Å². The first kappa shape index (κ1) is 15.6. The quantitative estimate of drug-likeness (QED) is 0.714. The minimum atomic E-state index is 0.133. The SMILES string of the molecule is Cc1cc(C2c3ccccc3OCC2c2ccc(O)cc2)ccc1O. The highest BCUT2D eigenvalue weighted by Crippen LogP contribution is 2.46. The fraction of sp³-hybridized carbons (Fsp3) is 0.182. The van der Waals surface area contributed by atoms with E-state index < -0.39 is 0 Å². The molecule has 0 saturated carbocycles. The minimum Gasteiger partial charge on any atom is -0.508 e. The Balaban J connectivity index is 1.86. The van der Waals surface area contributed by atoms with E-state index in [1.807, 2.05) is 43.3 Å². The number of aromatic hydroxyl groups is 2. The molecule has 0 amide bonds. The molecule has 3 aromatic carbocycles. The number of benzene rings is 3. The molecule has 0 fully saturated rings. The van der Waals surface area contributed by atoms with Crippen molar-refractivity contribution in [2.45, 2.75) is 18.8 Å². The van der Waals surface area contributed by atoms with E-state index in [-0.39, 0.29) is 17.6 Å². The lowest BCUT2D eigenvalue weighted by Gasteiger charge is -2.34. The van der Waals surface area contributed by atoms with Crippen LogP contribution in [0.4, 0.5) is 0 Å². The van der Waals surface area contributed by atoms with E-state index in [2.05, 4.69) is 12.1 Å². The van der Waals surface area contributed by atoms with Crippen LogP contribution < -0.4 is 4.74 Å². The number of fused-ring (bicyclic) bond motifs is 1. The molecule has 0 bridgehead atoms. The third kappa shape index (κ3) is 2.82. The van der Waals surface area contributed by atoms with E-state index >= 15 is 0 Å². The Labute approximate surface area is 147 Å². The maximum atomic E-state index is 9.90. The molecule has 0 aromatic heterocycles. The molecule has 0 spiro atoms. The smallest absolute Gasteiger partial charge is 0.123 e. The molecule has 1 heterocycles. The number of hydrogen-bond acceptors (Lipinski definition) is 3. The van der Waals surface area contributed by atoms with Crippen molar-refractivity contribution in [1.82, 2.24) is 0 Å². The summed E-state index contributed by atoms with van der Waals surface area (Å²) < 4.78 is 6.01. The van der Waals surface area contributed by atoms with E-state index in [1.165, 1.54) is 0 Å². The topological polar surface area (TPSA) is 49.7 Å². The Morgan fingerprint density at radius 1 is 0.880 bits per heavy atom. The molecule has 0 saturated heterocycles. The summed E-state index contributed by atoms with van der Waals surface area (Å²) in [4.78, 5) is 0. The fourth-order valence-electron chi connectivity index (χ4n) is 3.66. The predicted molar refractivity (Wildman–Crippen MR) is 97.5 cm³/mol. The maximum Gasteiger partial charge on any atom is 0.123 e. The van der Waals surface area contributed by atoms with Gasteiger partial charge in [-0.1, -0.05) is 42.5 Å². The summed E-state index contributed by atoms with van der Waals surface area (Å²) in [6, 6.07) is 21.3. The van der Waals surface area contributed by atoms with Crippen molar-refractivity contribution in [1.29, 1.82) is 0 Å². The molecule has 2 unspecified atom stereocenters. The van der Waals surface area contributed by atoms with Crippen LogP contribution in [-0.4, -0.2) is 16.8 Å². The van der Waals surface area contributed by atoms with Gasteiger partial charge in [-0.3, -0.25) is 0 Å². The molecule has 4 rings (SSSR count). The van der Waals surface area contributed by atoms with Crippen LogP contribution in [0.5, 0.6) is 17.2 Å². The molecule has 3 nitrogen and oxygen atoms in total.